The maximum Gasteiger partial charge on any atom is 0.407 e. The molecule has 0 bridgehead atoms. The highest BCUT2D eigenvalue weighted by molar-refractivity contribution is 7.71. The number of furan rings is 1. The summed E-state index contributed by atoms with van der Waals surface area (Å²) in [5.74, 6) is 1.34. The van der Waals surface area contributed by atoms with E-state index < -0.39 is 5.60 Å². The Morgan fingerprint density at radius 2 is 1.91 bits per heavy atom. The second-order valence-corrected chi connectivity index (χ2v) is 9.30. The van der Waals surface area contributed by atoms with Gasteiger partial charge in [-0.15, -0.1) is 5.10 Å². The van der Waals surface area contributed by atoms with Crippen LogP contribution in [0.25, 0.3) is 17.3 Å². The number of rotatable bonds is 5. The van der Waals surface area contributed by atoms with Crippen molar-refractivity contribution in [3.8, 4) is 17.3 Å². The third-order valence-electron chi connectivity index (χ3n) is 5.24. The monoisotopic (exact) mass is 455 g/mol. The van der Waals surface area contributed by atoms with E-state index >= 15 is 0 Å². The number of ether oxygens (including phenoxy) is 1. The number of hydrogen-bond donors (Lipinski definition) is 1. The van der Waals surface area contributed by atoms with Crippen molar-refractivity contribution in [1.82, 2.24) is 24.6 Å². The minimum absolute atomic E-state index is 0.106. The van der Waals surface area contributed by atoms with E-state index in [1.165, 1.54) is 0 Å². The van der Waals surface area contributed by atoms with Gasteiger partial charge in [0, 0.05) is 19.1 Å². The van der Waals surface area contributed by atoms with Crippen molar-refractivity contribution in [3.63, 3.8) is 0 Å². The minimum atomic E-state index is -0.495. The number of para-hydroxylation sites is 1. The molecular formula is C23H29N5O3S. The standard InChI is InChI=1S/C23H29N5O3S/c1-23(2,3)31-21(29)24-17-11-13-26(14-12-17)16-27-22(32)28(18-8-5-4-6-9-18)20(25-27)19-10-7-15-30-19/h4-10,15,17H,11-14,16H2,1-3H3,(H,24,29). The molecule has 9 heteroatoms. The van der Waals surface area contributed by atoms with E-state index in [2.05, 4.69) is 10.2 Å². The topological polar surface area (TPSA) is 77.5 Å². The van der Waals surface area contributed by atoms with Crippen molar-refractivity contribution in [2.45, 2.75) is 51.9 Å². The van der Waals surface area contributed by atoms with E-state index in [0.717, 1.165) is 31.6 Å². The van der Waals surface area contributed by atoms with Gasteiger partial charge in [0.1, 0.15) is 5.60 Å². The molecule has 0 aliphatic carbocycles. The molecule has 1 aliphatic heterocycles. The molecule has 8 nitrogen and oxygen atoms in total. The highest BCUT2D eigenvalue weighted by Crippen LogP contribution is 2.23. The van der Waals surface area contributed by atoms with Gasteiger partial charge in [0.2, 0.25) is 10.6 Å². The Morgan fingerprint density at radius 1 is 1.19 bits per heavy atom. The predicted octanol–water partition coefficient (Wildman–Crippen LogP) is 4.61. The van der Waals surface area contributed by atoms with Crippen LogP contribution in [0.3, 0.4) is 0 Å². The number of amides is 1. The summed E-state index contributed by atoms with van der Waals surface area (Å²) >= 11 is 5.79. The highest BCUT2D eigenvalue weighted by Gasteiger charge is 2.25. The summed E-state index contributed by atoms with van der Waals surface area (Å²) in [6.45, 7) is 7.83. The lowest BCUT2D eigenvalue weighted by molar-refractivity contribution is 0.0470. The molecule has 0 spiro atoms. The largest absolute Gasteiger partial charge is 0.461 e. The molecule has 32 heavy (non-hydrogen) atoms. The Morgan fingerprint density at radius 3 is 2.53 bits per heavy atom. The zero-order chi connectivity index (χ0) is 22.7. The number of piperidine rings is 1. The zero-order valence-corrected chi connectivity index (χ0v) is 19.5. The number of carbonyl (C=O) groups excluding carboxylic acids is 1. The van der Waals surface area contributed by atoms with E-state index in [1.54, 1.807) is 6.26 Å². The minimum Gasteiger partial charge on any atom is -0.461 e. The number of nitrogens with zero attached hydrogens (tertiary/aromatic N) is 4. The first-order valence-corrected chi connectivity index (χ1v) is 11.2. The molecular weight excluding hydrogens is 426 g/mol. The van der Waals surface area contributed by atoms with Crippen molar-refractivity contribution in [2.75, 3.05) is 13.1 Å². The molecule has 0 saturated carbocycles. The SMILES string of the molecule is CC(C)(C)OC(=O)NC1CCN(Cn2nc(-c3ccco3)n(-c3ccccc3)c2=S)CC1. The molecule has 0 radical (unpaired) electrons. The maximum absolute atomic E-state index is 12.0. The fraction of sp³-hybridized carbons (Fsp3) is 0.435. The number of aromatic nitrogens is 3. The number of benzene rings is 1. The van der Waals surface area contributed by atoms with Crippen LogP contribution in [0.1, 0.15) is 33.6 Å². The molecule has 1 fully saturated rings. The van der Waals surface area contributed by atoms with Gasteiger partial charge in [-0.05, 0) is 70.1 Å². The van der Waals surface area contributed by atoms with Gasteiger partial charge in [-0.1, -0.05) is 18.2 Å². The number of nitrogens with one attached hydrogen (secondary N) is 1. The van der Waals surface area contributed by atoms with Crippen LogP contribution in [0.15, 0.2) is 53.1 Å². The quantitative estimate of drug-likeness (QED) is 0.566. The molecule has 3 aromatic rings. The normalized spacial score (nSPS) is 15.6. The molecule has 170 valence electrons. The molecule has 3 heterocycles. The summed E-state index contributed by atoms with van der Waals surface area (Å²) < 4.78 is 15.4. The lowest BCUT2D eigenvalue weighted by Crippen LogP contribution is -2.46. The number of hydrogen-bond acceptors (Lipinski definition) is 6. The van der Waals surface area contributed by atoms with Crippen molar-refractivity contribution < 1.29 is 13.9 Å². The second-order valence-electron chi connectivity index (χ2n) is 8.93. The van der Waals surface area contributed by atoms with Crippen LogP contribution in [-0.2, 0) is 11.4 Å². The first-order chi connectivity index (χ1) is 15.3. The first-order valence-electron chi connectivity index (χ1n) is 10.8. The summed E-state index contributed by atoms with van der Waals surface area (Å²) in [5, 5.41) is 7.76. The number of alkyl carbamates (subject to hydrolysis) is 1. The average molecular weight is 456 g/mol. The van der Waals surface area contributed by atoms with Gasteiger partial charge in [-0.25, -0.2) is 9.48 Å². The van der Waals surface area contributed by atoms with Crippen LogP contribution in [0.2, 0.25) is 0 Å². The summed E-state index contributed by atoms with van der Waals surface area (Å²) in [7, 11) is 0. The van der Waals surface area contributed by atoms with Crippen LogP contribution in [0.4, 0.5) is 4.79 Å². The van der Waals surface area contributed by atoms with Gasteiger partial charge in [0.15, 0.2) is 5.76 Å². The van der Waals surface area contributed by atoms with E-state index in [9.17, 15) is 4.79 Å². The van der Waals surface area contributed by atoms with E-state index in [1.807, 2.05) is 72.5 Å². The fourth-order valence-electron chi connectivity index (χ4n) is 3.76. The summed E-state index contributed by atoms with van der Waals surface area (Å²) in [4.78, 5) is 14.3. The smallest absolute Gasteiger partial charge is 0.407 e. The zero-order valence-electron chi connectivity index (χ0n) is 18.7. The Labute approximate surface area is 192 Å². The molecule has 0 atom stereocenters. The van der Waals surface area contributed by atoms with Crippen LogP contribution >= 0.6 is 12.2 Å². The molecule has 0 unspecified atom stereocenters. The lowest BCUT2D eigenvalue weighted by Gasteiger charge is -2.32. The van der Waals surface area contributed by atoms with Crippen molar-refractivity contribution in [3.05, 3.63) is 53.5 Å². The average Bonchev–Trinajstić information content (AvgIpc) is 3.37. The Hall–Kier alpha value is -2.91. The molecule has 4 rings (SSSR count). The van der Waals surface area contributed by atoms with Gasteiger partial charge in [-0.3, -0.25) is 9.47 Å². The third kappa shape index (κ3) is 5.28. The number of carbonyl (C=O) groups is 1. The Bertz CT molecular complexity index is 1090. The van der Waals surface area contributed by atoms with Gasteiger partial charge < -0.3 is 14.5 Å². The molecule has 1 amide bonds. The molecule has 1 aromatic carbocycles. The van der Waals surface area contributed by atoms with Crippen LogP contribution in [0.5, 0.6) is 0 Å². The molecule has 1 aliphatic rings. The Kier molecular flexibility index (Phi) is 6.48. The van der Waals surface area contributed by atoms with E-state index in [-0.39, 0.29) is 12.1 Å². The van der Waals surface area contributed by atoms with Crippen LogP contribution in [0, 0.1) is 4.77 Å². The van der Waals surface area contributed by atoms with Crippen molar-refractivity contribution in [1.29, 1.82) is 0 Å². The second kappa shape index (κ2) is 9.30. The maximum atomic E-state index is 12.0. The van der Waals surface area contributed by atoms with E-state index in [0.29, 0.717) is 23.0 Å². The van der Waals surface area contributed by atoms with Gasteiger partial charge in [0.25, 0.3) is 0 Å². The summed E-state index contributed by atoms with van der Waals surface area (Å²) in [6, 6.07) is 13.8. The van der Waals surface area contributed by atoms with Crippen LogP contribution < -0.4 is 5.32 Å². The van der Waals surface area contributed by atoms with Gasteiger partial charge in [-0.2, -0.15) is 0 Å². The first kappa shape index (κ1) is 22.3. The molecule has 1 N–H and O–H groups in total. The summed E-state index contributed by atoms with van der Waals surface area (Å²) in [5.41, 5.74) is 0.445. The molecule has 1 saturated heterocycles. The van der Waals surface area contributed by atoms with Gasteiger partial charge >= 0.3 is 6.09 Å². The van der Waals surface area contributed by atoms with Crippen molar-refractivity contribution in [2.24, 2.45) is 0 Å². The van der Waals surface area contributed by atoms with Gasteiger partial charge in [0.05, 0.1) is 18.6 Å². The third-order valence-corrected chi connectivity index (χ3v) is 5.63. The van der Waals surface area contributed by atoms with Crippen molar-refractivity contribution >= 4 is 18.3 Å². The summed E-state index contributed by atoms with van der Waals surface area (Å²) in [6.07, 6.45) is 2.96. The predicted molar refractivity (Wildman–Crippen MR) is 124 cm³/mol. The van der Waals surface area contributed by atoms with E-state index in [4.69, 9.17) is 26.5 Å². The highest BCUT2D eigenvalue weighted by atomic mass is 32.1. The Balaban J connectivity index is 1.46. The fourth-order valence-corrected chi connectivity index (χ4v) is 4.05. The lowest BCUT2D eigenvalue weighted by atomic mass is 10.1. The van der Waals surface area contributed by atoms with Crippen LogP contribution in [-0.4, -0.2) is 50.1 Å². The molecule has 2 aromatic heterocycles. The number of likely N-dealkylation sites (tertiary alicyclic amines) is 1.